The summed E-state index contributed by atoms with van der Waals surface area (Å²) in [6, 6.07) is 9.65. The van der Waals surface area contributed by atoms with Gasteiger partial charge in [0.05, 0.1) is 18.7 Å². The number of β-amino-alcohol motifs (C(OH)–C–C–N with tert-alkyl or cyclic N) is 1. The molecule has 1 aromatic rings. The van der Waals surface area contributed by atoms with E-state index in [2.05, 4.69) is 0 Å². The van der Waals surface area contributed by atoms with E-state index in [1.165, 1.54) is 0 Å². The van der Waals surface area contributed by atoms with Crippen molar-refractivity contribution in [2.24, 2.45) is 0 Å². The summed E-state index contributed by atoms with van der Waals surface area (Å²) in [7, 11) is 0. The van der Waals surface area contributed by atoms with Gasteiger partial charge in [-0.3, -0.25) is 4.90 Å². The van der Waals surface area contributed by atoms with Crippen LogP contribution in [0.25, 0.3) is 0 Å². The van der Waals surface area contributed by atoms with E-state index in [-0.39, 0.29) is 12.1 Å². The number of benzene rings is 1. The highest BCUT2D eigenvalue weighted by Gasteiger charge is 2.37. The van der Waals surface area contributed by atoms with Crippen LogP contribution in [-0.2, 0) is 4.74 Å². The fourth-order valence-corrected chi connectivity index (χ4v) is 2.33. The Labute approximate surface area is 114 Å². The number of aliphatic hydroxyl groups is 1. The normalized spacial score (nSPS) is 23.5. The second-order valence-electron chi connectivity index (χ2n) is 5.95. The molecule has 0 spiro atoms. The van der Waals surface area contributed by atoms with Crippen molar-refractivity contribution in [3.63, 3.8) is 0 Å². The maximum atomic E-state index is 12.2. The Hall–Kier alpha value is -1.55. The Morgan fingerprint density at radius 3 is 2.53 bits per heavy atom. The molecular formula is C15H21NO3. The molecule has 0 bridgehead atoms. The van der Waals surface area contributed by atoms with E-state index in [9.17, 15) is 9.90 Å². The zero-order valence-corrected chi connectivity index (χ0v) is 11.7. The van der Waals surface area contributed by atoms with Gasteiger partial charge >= 0.3 is 6.09 Å². The minimum Gasteiger partial charge on any atom is -0.444 e. The molecule has 104 valence electrons. The molecule has 0 saturated carbocycles. The SMILES string of the molecule is CC(C)(C)OC(=O)N1CC(O)CC1c1ccccc1. The number of carbonyl (C=O) groups excluding carboxylic acids is 1. The van der Waals surface area contributed by atoms with Crippen molar-refractivity contribution in [1.82, 2.24) is 4.90 Å². The predicted octanol–water partition coefficient (Wildman–Crippen LogP) is 2.73. The van der Waals surface area contributed by atoms with E-state index >= 15 is 0 Å². The molecule has 0 aliphatic carbocycles. The van der Waals surface area contributed by atoms with Gasteiger partial charge < -0.3 is 9.84 Å². The molecule has 0 aromatic heterocycles. The van der Waals surface area contributed by atoms with Crippen LogP contribution in [0.3, 0.4) is 0 Å². The fraction of sp³-hybridized carbons (Fsp3) is 0.533. The van der Waals surface area contributed by atoms with Crippen LogP contribution < -0.4 is 0 Å². The highest BCUT2D eigenvalue weighted by Crippen LogP contribution is 2.33. The topological polar surface area (TPSA) is 49.8 Å². The highest BCUT2D eigenvalue weighted by atomic mass is 16.6. The Morgan fingerprint density at radius 2 is 1.95 bits per heavy atom. The second-order valence-corrected chi connectivity index (χ2v) is 5.95. The van der Waals surface area contributed by atoms with Crippen molar-refractivity contribution in [3.05, 3.63) is 35.9 Å². The average molecular weight is 263 g/mol. The molecule has 1 aliphatic heterocycles. The van der Waals surface area contributed by atoms with E-state index in [1.54, 1.807) is 4.90 Å². The zero-order valence-electron chi connectivity index (χ0n) is 11.7. The maximum absolute atomic E-state index is 12.2. The Morgan fingerprint density at radius 1 is 1.32 bits per heavy atom. The summed E-state index contributed by atoms with van der Waals surface area (Å²) in [5.41, 5.74) is 0.510. The zero-order chi connectivity index (χ0) is 14.0. The van der Waals surface area contributed by atoms with E-state index in [0.717, 1.165) is 5.56 Å². The van der Waals surface area contributed by atoms with E-state index in [1.807, 2.05) is 51.1 Å². The van der Waals surface area contributed by atoms with Crippen molar-refractivity contribution in [2.45, 2.75) is 44.9 Å². The third-order valence-electron chi connectivity index (χ3n) is 3.09. The summed E-state index contributed by atoms with van der Waals surface area (Å²) in [6.07, 6.45) is -0.292. The summed E-state index contributed by atoms with van der Waals surface area (Å²) in [4.78, 5) is 13.8. The van der Waals surface area contributed by atoms with Crippen molar-refractivity contribution in [3.8, 4) is 0 Å². The van der Waals surface area contributed by atoms with Crippen LogP contribution in [0.1, 0.15) is 38.8 Å². The van der Waals surface area contributed by atoms with Gasteiger partial charge in [0.15, 0.2) is 0 Å². The molecule has 1 heterocycles. The van der Waals surface area contributed by atoms with Crippen LogP contribution in [0.15, 0.2) is 30.3 Å². The standard InChI is InChI=1S/C15H21NO3/c1-15(2,3)19-14(18)16-10-12(17)9-13(16)11-7-5-4-6-8-11/h4-8,12-13,17H,9-10H2,1-3H3. The lowest BCUT2D eigenvalue weighted by molar-refractivity contribution is 0.0206. The number of carbonyl (C=O) groups is 1. The van der Waals surface area contributed by atoms with Crippen molar-refractivity contribution < 1.29 is 14.6 Å². The summed E-state index contributed by atoms with van der Waals surface area (Å²) < 4.78 is 5.40. The van der Waals surface area contributed by atoms with Gasteiger partial charge in [0.25, 0.3) is 0 Å². The quantitative estimate of drug-likeness (QED) is 0.847. The van der Waals surface area contributed by atoms with Crippen LogP contribution in [-0.4, -0.2) is 34.3 Å². The first-order chi connectivity index (χ1) is 8.87. The average Bonchev–Trinajstić information content (AvgIpc) is 2.70. The number of hydrogen-bond acceptors (Lipinski definition) is 3. The Bertz CT molecular complexity index is 438. The Balaban J connectivity index is 2.16. The number of ether oxygens (including phenoxy) is 1. The first kappa shape index (κ1) is 13.9. The maximum Gasteiger partial charge on any atom is 0.410 e. The van der Waals surface area contributed by atoms with Gasteiger partial charge in [0, 0.05) is 0 Å². The summed E-state index contributed by atoms with van der Waals surface area (Å²) in [5.74, 6) is 0. The molecule has 1 amide bonds. The van der Waals surface area contributed by atoms with Crippen molar-refractivity contribution in [2.75, 3.05) is 6.54 Å². The lowest BCUT2D eigenvalue weighted by Gasteiger charge is -2.28. The molecule has 19 heavy (non-hydrogen) atoms. The molecule has 2 rings (SSSR count). The van der Waals surface area contributed by atoms with Gasteiger partial charge in [0.1, 0.15) is 5.60 Å². The molecule has 1 aliphatic rings. The minimum atomic E-state index is -0.522. The van der Waals surface area contributed by atoms with Gasteiger partial charge in [-0.2, -0.15) is 0 Å². The monoisotopic (exact) mass is 263 g/mol. The van der Waals surface area contributed by atoms with E-state index in [0.29, 0.717) is 13.0 Å². The summed E-state index contributed by atoms with van der Waals surface area (Å²) >= 11 is 0. The second kappa shape index (κ2) is 5.21. The molecule has 1 saturated heterocycles. The highest BCUT2D eigenvalue weighted by molar-refractivity contribution is 5.69. The Kier molecular flexibility index (Phi) is 3.80. The van der Waals surface area contributed by atoms with Crippen LogP contribution >= 0.6 is 0 Å². The number of hydrogen-bond donors (Lipinski definition) is 1. The van der Waals surface area contributed by atoms with Gasteiger partial charge in [-0.1, -0.05) is 30.3 Å². The lowest BCUT2D eigenvalue weighted by Crippen LogP contribution is -2.37. The predicted molar refractivity (Wildman–Crippen MR) is 72.7 cm³/mol. The largest absolute Gasteiger partial charge is 0.444 e. The van der Waals surface area contributed by atoms with Gasteiger partial charge in [-0.25, -0.2) is 4.79 Å². The first-order valence-corrected chi connectivity index (χ1v) is 6.59. The third-order valence-corrected chi connectivity index (χ3v) is 3.09. The van der Waals surface area contributed by atoms with Crippen LogP contribution in [0.2, 0.25) is 0 Å². The number of likely N-dealkylation sites (tertiary alicyclic amines) is 1. The van der Waals surface area contributed by atoms with E-state index < -0.39 is 11.7 Å². The first-order valence-electron chi connectivity index (χ1n) is 6.59. The molecule has 1 N–H and O–H groups in total. The summed E-state index contributed by atoms with van der Waals surface area (Å²) in [6.45, 7) is 5.85. The lowest BCUT2D eigenvalue weighted by atomic mass is 10.0. The van der Waals surface area contributed by atoms with Crippen LogP contribution in [0.4, 0.5) is 4.79 Å². The number of aliphatic hydroxyl groups excluding tert-OH is 1. The number of rotatable bonds is 1. The smallest absolute Gasteiger partial charge is 0.410 e. The van der Waals surface area contributed by atoms with Crippen molar-refractivity contribution >= 4 is 6.09 Å². The van der Waals surface area contributed by atoms with Crippen molar-refractivity contribution in [1.29, 1.82) is 0 Å². The molecule has 2 unspecified atom stereocenters. The van der Waals surface area contributed by atoms with E-state index in [4.69, 9.17) is 4.74 Å². The van der Waals surface area contributed by atoms with Crippen LogP contribution in [0, 0.1) is 0 Å². The molecular weight excluding hydrogens is 242 g/mol. The third kappa shape index (κ3) is 3.47. The number of amides is 1. The molecule has 2 atom stereocenters. The molecule has 4 heteroatoms. The molecule has 1 aromatic carbocycles. The minimum absolute atomic E-state index is 0.106. The fourth-order valence-electron chi connectivity index (χ4n) is 2.33. The molecule has 4 nitrogen and oxygen atoms in total. The molecule has 0 radical (unpaired) electrons. The van der Waals surface area contributed by atoms with Gasteiger partial charge in [-0.05, 0) is 32.8 Å². The number of nitrogens with zero attached hydrogens (tertiary/aromatic N) is 1. The summed E-state index contributed by atoms with van der Waals surface area (Å²) in [5, 5.41) is 9.83. The van der Waals surface area contributed by atoms with Gasteiger partial charge in [0.2, 0.25) is 0 Å². The van der Waals surface area contributed by atoms with Gasteiger partial charge in [-0.15, -0.1) is 0 Å². The molecule has 1 fully saturated rings. The van der Waals surface area contributed by atoms with Crippen LogP contribution in [0.5, 0.6) is 0 Å².